The van der Waals surface area contributed by atoms with E-state index in [1.54, 1.807) is 24.3 Å². The van der Waals surface area contributed by atoms with E-state index in [9.17, 15) is 24.6 Å². The molecule has 2 unspecified atom stereocenters. The first-order valence-electron chi connectivity index (χ1n) is 9.69. The number of aromatic hydroxyl groups is 2. The Morgan fingerprint density at radius 3 is 2.10 bits per heavy atom. The highest BCUT2D eigenvalue weighted by atomic mass is 16.5. The quantitative estimate of drug-likeness (QED) is 0.274. The Hall–Kier alpha value is -3.59. The fourth-order valence-electron chi connectivity index (χ4n) is 3.17. The molecule has 0 aliphatic heterocycles. The van der Waals surface area contributed by atoms with Crippen LogP contribution in [-0.2, 0) is 32.0 Å². The van der Waals surface area contributed by atoms with Crippen LogP contribution in [-0.4, -0.2) is 54.2 Å². The molecule has 0 spiro atoms. The number of hydrogen-bond acceptors (Lipinski definition) is 7. The molecule has 0 aliphatic carbocycles. The first-order valence-corrected chi connectivity index (χ1v) is 9.69. The van der Waals surface area contributed by atoms with Crippen molar-refractivity contribution in [2.45, 2.75) is 31.8 Å². The van der Waals surface area contributed by atoms with E-state index in [2.05, 4.69) is 10.6 Å². The van der Waals surface area contributed by atoms with Crippen LogP contribution in [0.5, 0.6) is 11.5 Å². The maximum Gasteiger partial charge on any atom is 0.328 e. The molecule has 166 valence electrons. The fraction of sp³-hybridized carbons (Fsp3) is 0.318. The van der Waals surface area contributed by atoms with Gasteiger partial charge in [-0.05, 0) is 48.7 Å². The number of amides is 2. The van der Waals surface area contributed by atoms with Crippen molar-refractivity contribution >= 4 is 18.3 Å². The average Bonchev–Trinajstić information content (AvgIpc) is 2.73. The summed E-state index contributed by atoms with van der Waals surface area (Å²) in [5.41, 5.74) is 8.17. The van der Waals surface area contributed by atoms with Crippen LogP contribution in [0.1, 0.15) is 18.1 Å². The van der Waals surface area contributed by atoms with Crippen LogP contribution in [0, 0.1) is 0 Å². The van der Waals surface area contributed by atoms with Crippen molar-refractivity contribution in [3.63, 3.8) is 0 Å². The Kier molecular flexibility index (Phi) is 8.39. The Bertz CT molecular complexity index is 945. The van der Waals surface area contributed by atoms with E-state index in [1.165, 1.54) is 19.2 Å². The summed E-state index contributed by atoms with van der Waals surface area (Å²) in [6, 6.07) is 8.67. The zero-order valence-electron chi connectivity index (χ0n) is 17.4. The van der Waals surface area contributed by atoms with Gasteiger partial charge in [0.1, 0.15) is 17.5 Å². The monoisotopic (exact) mass is 429 g/mol. The van der Waals surface area contributed by atoms with Crippen molar-refractivity contribution < 1.29 is 29.3 Å². The van der Waals surface area contributed by atoms with Gasteiger partial charge in [-0.25, -0.2) is 4.79 Å². The second kappa shape index (κ2) is 11.0. The molecule has 0 aromatic heterocycles. The van der Waals surface area contributed by atoms with Gasteiger partial charge in [0.15, 0.2) is 0 Å². The molecule has 2 atom stereocenters. The number of carbonyl (C=O) groups excluding carboxylic acids is 3. The molecule has 0 saturated heterocycles. The number of phenols is 2. The molecule has 0 heterocycles. The van der Waals surface area contributed by atoms with E-state index in [-0.39, 0.29) is 30.5 Å². The van der Waals surface area contributed by atoms with E-state index < -0.39 is 17.9 Å². The third-order valence-corrected chi connectivity index (χ3v) is 4.58. The zero-order valence-corrected chi connectivity index (χ0v) is 17.4. The molecule has 0 saturated carbocycles. The van der Waals surface area contributed by atoms with Crippen LogP contribution in [0.2, 0.25) is 0 Å². The van der Waals surface area contributed by atoms with Gasteiger partial charge < -0.3 is 31.3 Å². The number of rotatable bonds is 10. The van der Waals surface area contributed by atoms with E-state index in [0.29, 0.717) is 29.5 Å². The van der Waals surface area contributed by atoms with Crippen molar-refractivity contribution in [3.8, 4) is 22.6 Å². The standard InChI is InChI=1S/C22H27N3O6/c1-13(23)7-14-3-5-19(27)16(8-14)17-9-15(4-6-20(17)28)10-18(22(30)31-2)25-21(29)11-24-12-26/h3-6,8-9,12-13,18,27-28H,7,10-11,23H2,1-2H3,(H,24,26)(H,25,29). The molecule has 6 N–H and O–H groups in total. The highest BCUT2D eigenvalue weighted by Gasteiger charge is 2.23. The minimum atomic E-state index is -0.999. The SMILES string of the molecule is COC(=O)C(Cc1ccc(O)c(-c2cc(CC(C)N)ccc2O)c1)NC(=O)CNC=O. The van der Waals surface area contributed by atoms with E-state index >= 15 is 0 Å². The predicted octanol–water partition coefficient (Wildman–Crippen LogP) is 0.601. The number of ether oxygens (including phenoxy) is 1. The molecule has 9 nitrogen and oxygen atoms in total. The molecule has 2 rings (SSSR count). The molecule has 0 aliphatic rings. The Morgan fingerprint density at radius 2 is 1.61 bits per heavy atom. The minimum absolute atomic E-state index is 0.0152. The van der Waals surface area contributed by atoms with Gasteiger partial charge in [0, 0.05) is 23.6 Å². The molecule has 0 bridgehead atoms. The van der Waals surface area contributed by atoms with Gasteiger partial charge in [0.05, 0.1) is 13.7 Å². The molecular weight excluding hydrogens is 402 g/mol. The summed E-state index contributed by atoms with van der Waals surface area (Å²) < 4.78 is 4.76. The number of methoxy groups -OCH3 is 1. The van der Waals surface area contributed by atoms with E-state index in [4.69, 9.17) is 10.5 Å². The van der Waals surface area contributed by atoms with E-state index in [1.807, 2.05) is 6.92 Å². The fourth-order valence-corrected chi connectivity index (χ4v) is 3.17. The normalized spacial score (nSPS) is 12.5. The van der Waals surface area contributed by atoms with Crippen LogP contribution in [0.3, 0.4) is 0 Å². The number of nitrogens with two attached hydrogens (primary N) is 1. The highest BCUT2D eigenvalue weighted by Crippen LogP contribution is 2.37. The second-order valence-corrected chi connectivity index (χ2v) is 7.23. The lowest BCUT2D eigenvalue weighted by atomic mass is 9.95. The van der Waals surface area contributed by atoms with Gasteiger partial charge in [0.2, 0.25) is 12.3 Å². The molecule has 2 aromatic rings. The number of phenolic OH excluding ortho intramolecular Hbond substituents is 2. The Balaban J connectivity index is 2.33. The van der Waals surface area contributed by atoms with Gasteiger partial charge in [0.25, 0.3) is 0 Å². The summed E-state index contributed by atoms with van der Waals surface area (Å²) in [7, 11) is 1.20. The summed E-state index contributed by atoms with van der Waals surface area (Å²) >= 11 is 0. The molecule has 2 aromatic carbocycles. The summed E-state index contributed by atoms with van der Waals surface area (Å²) in [4.78, 5) is 34.4. The van der Waals surface area contributed by atoms with Gasteiger partial charge in [-0.1, -0.05) is 12.1 Å². The first kappa shape index (κ1) is 23.7. The molecule has 0 radical (unpaired) electrons. The lowest BCUT2D eigenvalue weighted by Gasteiger charge is -2.18. The van der Waals surface area contributed by atoms with Crippen LogP contribution >= 0.6 is 0 Å². The smallest absolute Gasteiger partial charge is 0.328 e. The van der Waals surface area contributed by atoms with E-state index in [0.717, 1.165) is 5.56 Å². The molecule has 2 amide bonds. The maximum absolute atomic E-state index is 12.1. The average molecular weight is 429 g/mol. The third-order valence-electron chi connectivity index (χ3n) is 4.58. The van der Waals surface area contributed by atoms with Crippen molar-refractivity contribution in [1.82, 2.24) is 10.6 Å². The Morgan fingerprint density at radius 1 is 1.06 bits per heavy atom. The minimum Gasteiger partial charge on any atom is -0.507 e. The number of nitrogens with one attached hydrogen (secondary N) is 2. The second-order valence-electron chi connectivity index (χ2n) is 7.23. The summed E-state index contributed by atoms with van der Waals surface area (Å²) in [5, 5.41) is 25.4. The largest absolute Gasteiger partial charge is 0.507 e. The summed E-state index contributed by atoms with van der Waals surface area (Å²) in [6.07, 6.45) is 1.05. The van der Waals surface area contributed by atoms with Crippen molar-refractivity contribution in [3.05, 3.63) is 47.5 Å². The zero-order chi connectivity index (χ0) is 23.0. The van der Waals surface area contributed by atoms with Crippen LogP contribution in [0.15, 0.2) is 36.4 Å². The first-order chi connectivity index (χ1) is 14.7. The lowest BCUT2D eigenvalue weighted by Crippen LogP contribution is -2.46. The van der Waals surface area contributed by atoms with Gasteiger partial charge >= 0.3 is 5.97 Å². The summed E-state index contributed by atoms with van der Waals surface area (Å²) in [6.45, 7) is 1.59. The molecule has 9 heteroatoms. The number of benzene rings is 2. The van der Waals surface area contributed by atoms with Crippen molar-refractivity contribution in [2.75, 3.05) is 13.7 Å². The molecule has 0 fully saturated rings. The lowest BCUT2D eigenvalue weighted by molar-refractivity contribution is -0.144. The maximum atomic E-state index is 12.1. The van der Waals surface area contributed by atoms with Crippen LogP contribution in [0.25, 0.3) is 11.1 Å². The van der Waals surface area contributed by atoms with Gasteiger partial charge in [-0.3, -0.25) is 9.59 Å². The van der Waals surface area contributed by atoms with Crippen LogP contribution < -0.4 is 16.4 Å². The van der Waals surface area contributed by atoms with Gasteiger partial charge in [-0.2, -0.15) is 0 Å². The molecular formula is C22H27N3O6. The number of carbonyl (C=O) groups is 3. The topological polar surface area (TPSA) is 151 Å². The van der Waals surface area contributed by atoms with Gasteiger partial charge in [-0.15, -0.1) is 0 Å². The summed E-state index contributed by atoms with van der Waals surface area (Å²) in [5.74, 6) is -1.27. The number of esters is 1. The highest BCUT2D eigenvalue weighted by molar-refractivity contribution is 5.86. The third kappa shape index (κ3) is 6.71. The van der Waals surface area contributed by atoms with Crippen molar-refractivity contribution in [2.24, 2.45) is 5.73 Å². The molecule has 31 heavy (non-hydrogen) atoms. The predicted molar refractivity (Wildman–Crippen MR) is 114 cm³/mol. The van der Waals surface area contributed by atoms with Crippen LogP contribution in [0.4, 0.5) is 0 Å². The Labute approximate surface area is 180 Å². The van der Waals surface area contributed by atoms with Crippen molar-refractivity contribution in [1.29, 1.82) is 0 Å². The number of hydrogen-bond donors (Lipinski definition) is 5.